The van der Waals surface area contributed by atoms with Crippen LogP contribution >= 0.6 is 11.6 Å². The molecule has 0 saturated carbocycles. The van der Waals surface area contributed by atoms with Crippen molar-refractivity contribution in [2.45, 2.75) is 13.8 Å². The SMILES string of the molecule is CC(=O)/C(Cl)=C(/C)[O-]. The minimum Gasteiger partial charge on any atom is -0.875 e. The van der Waals surface area contributed by atoms with E-state index in [0.717, 1.165) is 0 Å². The van der Waals surface area contributed by atoms with Crippen molar-refractivity contribution in [3.63, 3.8) is 0 Å². The molecule has 46 valence electrons. The summed E-state index contributed by atoms with van der Waals surface area (Å²) < 4.78 is 0. The van der Waals surface area contributed by atoms with Crippen LogP contribution in [0.25, 0.3) is 0 Å². The van der Waals surface area contributed by atoms with Crippen molar-refractivity contribution >= 4 is 17.4 Å². The van der Waals surface area contributed by atoms with Gasteiger partial charge in [0.25, 0.3) is 0 Å². The van der Waals surface area contributed by atoms with E-state index in [1.807, 2.05) is 0 Å². The Morgan fingerprint density at radius 3 is 1.88 bits per heavy atom. The number of carbonyl (C=O) groups is 1. The fraction of sp³-hybridized carbons (Fsp3) is 0.400. The van der Waals surface area contributed by atoms with Crippen LogP contribution in [0.4, 0.5) is 0 Å². The first-order valence-corrected chi connectivity index (χ1v) is 2.48. The van der Waals surface area contributed by atoms with Gasteiger partial charge in [-0.05, 0) is 6.92 Å². The zero-order valence-electron chi connectivity index (χ0n) is 4.69. The van der Waals surface area contributed by atoms with Gasteiger partial charge >= 0.3 is 0 Å². The first-order valence-electron chi connectivity index (χ1n) is 2.10. The molecule has 0 aliphatic heterocycles. The molecule has 8 heavy (non-hydrogen) atoms. The lowest BCUT2D eigenvalue weighted by Gasteiger charge is -2.04. The Hall–Kier alpha value is -0.500. The topological polar surface area (TPSA) is 40.1 Å². The highest BCUT2D eigenvalue weighted by molar-refractivity contribution is 6.42. The van der Waals surface area contributed by atoms with Crippen molar-refractivity contribution < 1.29 is 9.90 Å². The summed E-state index contributed by atoms with van der Waals surface area (Å²) in [6, 6.07) is 0. The molecule has 0 saturated heterocycles. The number of halogens is 1. The van der Waals surface area contributed by atoms with E-state index in [9.17, 15) is 9.90 Å². The highest BCUT2D eigenvalue weighted by Crippen LogP contribution is 2.03. The second-order valence-corrected chi connectivity index (χ2v) is 1.80. The molecule has 0 spiro atoms. The van der Waals surface area contributed by atoms with Crippen LogP contribution in [0.2, 0.25) is 0 Å². The van der Waals surface area contributed by atoms with Crippen molar-refractivity contribution in [2.75, 3.05) is 0 Å². The summed E-state index contributed by atoms with van der Waals surface area (Å²) in [4.78, 5) is 10.2. The Balaban J connectivity index is 4.23. The molecule has 0 aromatic carbocycles. The third-order valence-corrected chi connectivity index (χ3v) is 1.15. The fourth-order valence-corrected chi connectivity index (χ4v) is 0.248. The van der Waals surface area contributed by atoms with Crippen LogP contribution in [0.3, 0.4) is 0 Å². The quantitative estimate of drug-likeness (QED) is 0.384. The first-order chi connectivity index (χ1) is 3.55. The molecule has 0 rings (SSSR count). The molecule has 0 aliphatic rings. The van der Waals surface area contributed by atoms with Gasteiger partial charge in [-0.3, -0.25) is 4.79 Å². The smallest absolute Gasteiger partial charge is 0.170 e. The van der Waals surface area contributed by atoms with Gasteiger partial charge < -0.3 is 5.11 Å². The average Bonchev–Trinajstić information content (AvgIpc) is 1.64. The zero-order chi connectivity index (χ0) is 6.73. The van der Waals surface area contributed by atoms with Gasteiger partial charge in [-0.15, -0.1) is 5.76 Å². The lowest BCUT2D eigenvalue weighted by atomic mass is 10.4. The molecule has 0 bridgehead atoms. The van der Waals surface area contributed by atoms with E-state index < -0.39 is 0 Å². The van der Waals surface area contributed by atoms with Crippen LogP contribution in [0.1, 0.15) is 13.8 Å². The normalized spacial score (nSPS) is 12.9. The summed E-state index contributed by atoms with van der Waals surface area (Å²) in [5, 5.41) is 9.99. The number of hydrogen-bond donors (Lipinski definition) is 0. The van der Waals surface area contributed by atoms with Crippen LogP contribution in [0, 0.1) is 0 Å². The molecule has 0 aromatic heterocycles. The summed E-state index contributed by atoms with van der Waals surface area (Å²) in [5.41, 5.74) is 0. The van der Waals surface area contributed by atoms with Gasteiger partial charge in [0.2, 0.25) is 0 Å². The molecule has 0 radical (unpaired) electrons. The number of ketones is 1. The molecule has 2 nitrogen and oxygen atoms in total. The molecule has 0 aromatic rings. The summed E-state index contributed by atoms with van der Waals surface area (Å²) in [5.74, 6) is -0.752. The Morgan fingerprint density at radius 1 is 1.50 bits per heavy atom. The lowest BCUT2D eigenvalue weighted by Crippen LogP contribution is -2.04. The highest BCUT2D eigenvalue weighted by atomic mass is 35.5. The van der Waals surface area contributed by atoms with E-state index in [-0.39, 0.29) is 16.6 Å². The van der Waals surface area contributed by atoms with Crippen LogP contribution in [0.5, 0.6) is 0 Å². The minimum absolute atomic E-state index is 0.204. The van der Waals surface area contributed by atoms with Crippen molar-refractivity contribution in [2.24, 2.45) is 0 Å². The van der Waals surface area contributed by atoms with E-state index in [2.05, 4.69) is 0 Å². The largest absolute Gasteiger partial charge is 0.875 e. The molecule has 0 unspecified atom stereocenters. The van der Waals surface area contributed by atoms with E-state index in [1.165, 1.54) is 13.8 Å². The molecular formula is C5H6ClO2-. The first kappa shape index (κ1) is 7.50. The molecule has 3 heteroatoms. The summed E-state index contributed by atoms with van der Waals surface area (Å²) in [6.07, 6.45) is 0. The third kappa shape index (κ3) is 1.98. The van der Waals surface area contributed by atoms with Crippen LogP contribution < -0.4 is 5.11 Å². The predicted octanol–water partition coefficient (Wildman–Crippen LogP) is 0.406. The molecule has 0 fully saturated rings. The summed E-state index contributed by atoms with van der Waals surface area (Å²) in [7, 11) is 0. The molecule has 0 heterocycles. The number of allylic oxidation sites excluding steroid dienone is 2. The maximum absolute atomic E-state index is 10.2. The van der Waals surface area contributed by atoms with E-state index >= 15 is 0 Å². The molecule has 0 amide bonds. The second kappa shape index (κ2) is 2.72. The Bertz CT molecular complexity index is 133. The van der Waals surface area contributed by atoms with Gasteiger partial charge in [-0.25, -0.2) is 0 Å². The molecule has 0 atom stereocenters. The number of hydrogen-bond acceptors (Lipinski definition) is 2. The predicted molar refractivity (Wildman–Crippen MR) is 29.2 cm³/mol. The van der Waals surface area contributed by atoms with Gasteiger partial charge in [0, 0.05) is 0 Å². The zero-order valence-corrected chi connectivity index (χ0v) is 5.45. The number of carbonyl (C=O) groups excluding carboxylic acids is 1. The summed E-state index contributed by atoms with van der Waals surface area (Å²) in [6.45, 7) is 2.51. The van der Waals surface area contributed by atoms with Crippen LogP contribution in [-0.4, -0.2) is 5.78 Å². The molecular weight excluding hydrogens is 128 g/mol. The van der Waals surface area contributed by atoms with Gasteiger partial charge in [0.1, 0.15) is 0 Å². The van der Waals surface area contributed by atoms with Crippen molar-refractivity contribution in [3.05, 3.63) is 10.8 Å². The van der Waals surface area contributed by atoms with Crippen molar-refractivity contribution in [3.8, 4) is 0 Å². The van der Waals surface area contributed by atoms with Gasteiger partial charge in [-0.2, -0.15) is 0 Å². The minimum atomic E-state index is -0.376. The Kier molecular flexibility index (Phi) is 2.55. The third-order valence-electron chi connectivity index (χ3n) is 0.618. The fourth-order valence-electron chi connectivity index (χ4n) is 0.248. The monoisotopic (exact) mass is 133 g/mol. The second-order valence-electron chi connectivity index (χ2n) is 1.43. The van der Waals surface area contributed by atoms with Crippen LogP contribution in [-0.2, 0) is 4.79 Å². The van der Waals surface area contributed by atoms with E-state index in [4.69, 9.17) is 11.6 Å². The molecule has 0 aliphatic carbocycles. The van der Waals surface area contributed by atoms with Crippen LogP contribution in [0.15, 0.2) is 10.8 Å². The van der Waals surface area contributed by atoms with Gasteiger partial charge in [-0.1, -0.05) is 18.5 Å². The van der Waals surface area contributed by atoms with Crippen molar-refractivity contribution in [1.29, 1.82) is 0 Å². The number of rotatable bonds is 1. The average molecular weight is 134 g/mol. The summed E-state index contributed by atoms with van der Waals surface area (Å²) >= 11 is 5.17. The van der Waals surface area contributed by atoms with Crippen molar-refractivity contribution in [1.82, 2.24) is 0 Å². The molecule has 0 N–H and O–H groups in total. The highest BCUT2D eigenvalue weighted by Gasteiger charge is 1.95. The van der Waals surface area contributed by atoms with E-state index in [0.29, 0.717) is 0 Å². The standard InChI is InChI=1S/C5H7ClO2/c1-3(7)5(6)4(2)8/h7H,1-2H3/p-1/b5-3+. The van der Waals surface area contributed by atoms with Gasteiger partial charge in [0.05, 0.1) is 5.03 Å². The van der Waals surface area contributed by atoms with E-state index in [1.54, 1.807) is 0 Å². The lowest BCUT2D eigenvalue weighted by molar-refractivity contribution is -0.302. The Labute approximate surface area is 52.8 Å². The maximum Gasteiger partial charge on any atom is 0.170 e. The Morgan fingerprint density at radius 2 is 1.88 bits per heavy atom. The number of Topliss-reactive ketones (excluding diaryl/α,β-unsaturated/α-hetero) is 1. The maximum atomic E-state index is 10.2. The van der Waals surface area contributed by atoms with Gasteiger partial charge in [0.15, 0.2) is 5.78 Å².